The van der Waals surface area contributed by atoms with Crippen molar-refractivity contribution in [2.45, 2.75) is 48.4 Å². The zero-order chi connectivity index (χ0) is 16.9. The first-order chi connectivity index (χ1) is 10.7. The van der Waals surface area contributed by atoms with Gasteiger partial charge in [-0.05, 0) is 28.7 Å². The highest BCUT2D eigenvalue weighted by Crippen LogP contribution is 2.59. The molecule has 0 bridgehead atoms. The summed E-state index contributed by atoms with van der Waals surface area (Å²) in [4.78, 5) is 0.0521. The predicted molar refractivity (Wildman–Crippen MR) is 90.0 cm³/mol. The molecule has 0 aliphatic heterocycles. The average Bonchev–Trinajstić information content (AvgIpc) is 3.21. The smallest absolute Gasteiger partial charge is 0.222 e. The SMILES string of the molecule is CC(C)(C)c1ccc(C2CC2(F)S(=O)(=O)c2ccccc2)cc1. The fraction of sp³-hybridized carbons (Fsp3) is 0.368. The monoisotopic (exact) mass is 332 g/mol. The third-order valence-corrected chi connectivity index (χ3v) is 6.76. The van der Waals surface area contributed by atoms with Crippen LogP contribution in [-0.4, -0.2) is 13.4 Å². The van der Waals surface area contributed by atoms with Gasteiger partial charge in [0.25, 0.3) is 0 Å². The van der Waals surface area contributed by atoms with Gasteiger partial charge in [-0.1, -0.05) is 63.2 Å². The Balaban J connectivity index is 1.88. The fourth-order valence-corrected chi connectivity index (χ4v) is 4.70. The van der Waals surface area contributed by atoms with E-state index >= 15 is 4.39 Å². The number of sulfone groups is 1. The van der Waals surface area contributed by atoms with Gasteiger partial charge in [0.15, 0.2) is 0 Å². The van der Waals surface area contributed by atoms with Gasteiger partial charge >= 0.3 is 0 Å². The van der Waals surface area contributed by atoms with E-state index < -0.39 is 20.8 Å². The summed E-state index contributed by atoms with van der Waals surface area (Å²) < 4.78 is 40.2. The summed E-state index contributed by atoms with van der Waals surface area (Å²) in [5, 5.41) is -2.18. The maximum Gasteiger partial charge on any atom is 0.222 e. The molecule has 1 saturated carbocycles. The standard InChI is InChI=1S/C19H21FO2S/c1-18(2,3)15-11-9-14(10-12-15)17-13-19(17,20)23(21,22)16-7-5-4-6-8-16/h4-12,17H,13H2,1-3H3. The molecule has 0 spiro atoms. The number of hydrogen-bond donors (Lipinski definition) is 0. The van der Waals surface area contributed by atoms with Gasteiger partial charge in [-0.15, -0.1) is 0 Å². The van der Waals surface area contributed by atoms with Crippen molar-refractivity contribution >= 4 is 9.84 Å². The third kappa shape index (κ3) is 2.69. The van der Waals surface area contributed by atoms with E-state index in [2.05, 4.69) is 20.8 Å². The van der Waals surface area contributed by atoms with Crippen molar-refractivity contribution in [2.24, 2.45) is 0 Å². The van der Waals surface area contributed by atoms with Crippen LogP contribution < -0.4 is 0 Å². The number of rotatable bonds is 3. The number of hydrogen-bond acceptors (Lipinski definition) is 2. The molecule has 2 aromatic carbocycles. The van der Waals surface area contributed by atoms with Crippen molar-refractivity contribution in [1.82, 2.24) is 0 Å². The van der Waals surface area contributed by atoms with E-state index in [1.165, 1.54) is 12.1 Å². The second-order valence-electron chi connectivity index (χ2n) is 7.23. The molecule has 4 heteroatoms. The second kappa shape index (κ2) is 5.17. The topological polar surface area (TPSA) is 34.1 Å². The van der Waals surface area contributed by atoms with Crippen molar-refractivity contribution < 1.29 is 12.8 Å². The molecule has 3 rings (SSSR count). The Labute approximate surface area is 137 Å². The molecule has 0 aromatic heterocycles. The summed E-state index contributed by atoms with van der Waals surface area (Å²) in [6.07, 6.45) is 0.0269. The molecule has 2 aromatic rings. The van der Waals surface area contributed by atoms with E-state index in [0.29, 0.717) is 0 Å². The Kier molecular flexibility index (Phi) is 3.64. The van der Waals surface area contributed by atoms with Crippen LogP contribution in [0.1, 0.15) is 44.2 Å². The molecule has 0 amide bonds. The second-order valence-corrected chi connectivity index (χ2v) is 9.39. The van der Waals surface area contributed by atoms with Crippen LogP contribution in [-0.2, 0) is 15.3 Å². The molecule has 2 nitrogen and oxygen atoms in total. The van der Waals surface area contributed by atoms with Gasteiger partial charge in [0.1, 0.15) is 0 Å². The Morgan fingerprint density at radius 3 is 2.09 bits per heavy atom. The molecule has 0 saturated heterocycles. The predicted octanol–water partition coefficient (Wildman–Crippen LogP) is 4.61. The molecule has 1 aliphatic rings. The summed E-state index contributed by atoms with van der Waals surface area (Å²) in [5.41, 5.74) is 1.92. The van der Waals surface area contributed by atoms with Crippen molar-refractivity contribution in [1.29, 1.82) is 0 Å². The summed E-state index contributed by atoms with van der Waals surface area (Å²) in [7, 11) is -3.97. The third-order valence-electron chi connectivity index (χ3n) is 4.52. The van der Waals surface area contributed by atoms with Crippen LogP contribution in [0.3, 0.4) is 0 Å². The highest BCUT2D eigenvalue weighted by Gasteiger charge is 2.66. The van der Waals surface area contributed by atoms with Gasteiger partial charge in [0, 0.05) is 12.3 Å². The van der Waals surface area contributed by atoms with Gasteiger partial charge in [-0.2, -0.15) is 0 Å². The van der Waals surface area contributed by atoms with E-state index in [0.717, 1.165) is 11.1 Å². The Morgan fingerprint density at radius 2 is 1.57 bits per heavy atom. The largest absolute Gasteiger partial charge is 0.225 e. The quantitative estimate of drug-likeness (QED) is 0.822. The first-order valence-corrected chi connectivity index (χ1v) is 9.23. The maximum atomic E-state index is 15.1. The van der Waals surface area contributed by atoms with Crippen LogP contribution in [0.15, 0.2) is 59.5 Å². The van der Waals surface area contributed by atoms with E-state index in [1.807, 2.05) is 24.3 Å². The van der Waals surface area contributed by atoms with Crippen LogP contribution in [0, 0.1) is 0 Å². The van der Waals surface area contributed by atoms with Gasteiger partial charge in [-0.25, -0.2) is 12.8 Å². The number of halogens is 1. The molecule has 0 radical (unpaired) electrons. The molecule has 0 N–H and O–H groups in total. The Hall–Kier alpha value is -1.68. The van der Waals surface area contributed by atoms with Crippen molar-refractivity contribution in [3.63, 3.8) is 0 Å². The first kappa shape index (κ1) is 16.2. The molecular formula is C19H21FO2S. The highest BCUT2D eigenvalue weighted by molar-refractivity contribution is 7.93. The maximum absolute atomic E-state index is 15.1. The lowest BCUT2D eigenvalue weighted by molar-refractivity contribution is 0.392. The van der Waals surface area contributed by atoms with Crippen LogP contribution in [0.2, 0.25) is 0 Å². The van der Waals surface area contributed by atoms with Gasteiger partial charge in [0.2, 0.25) is 14.8 Å². The van der Waals surface area contributed by atoms with E-state index in [9.17, 15) is 8.42 Å². The van der Waals surface area contributed by atoms with Crippen LogP contribution in [0.5, 0.6) is 0 Å². The normalized spacial score (nSPS) is 24.4. The molecule has 2 unspecified atom stereocenters. The molecule has 122 valence electrons. The van der Waals surface area contributed by atoms with Crippen molar-refractivity contribution in [3.8, 4) is 0 Å². The molecule has 23 heavy (non-hydrogen) atoms. The lowest BCUT2D eigenvalue weighted by Crippen LogP contribution is -2.20. The minimum Gasteiger partial charge on any atom is -0.225 e. The van der Waals surface area contributed by atoms with Crippen molar-refractivity contribution in [3.05, 3.63) is 65.7 Å². The number of benzene rings is 2. The summed E-state index contributed by atoms with van der Waals surface area (Å²) in [5.74, 6) is -0.582. The Morgan fingerprint density at radius 1 is 1.00 bits per heavy atom. The lowest BCUT2D eigenvalue weighted by atomic mass is 9.86. The van der Waals surface area contributed by atoms with Crippen LogP contribution in [0.4, 0.5) is 4.39 Å². The minimum atomic E-state index is -3.97. The molecule has 2 atom stereocenters. The Bertz CT molecular complexity index is 805. The van der Waals surface area contributed by atoms with E-state index in [4.69, 9.17) is 0 Å². The summed E-state index contributed by atoms with van der Waals surface area (Å²) >= 11 is 0. The molecule has 0 heterocycles. The molecule has 1 fully saturated rings. The summed E-state index contributed by atoms with van der Waals surface area (Å²) in [6, 6.07) is 15.5. The number of alkyl halides is 1. The van der Waals surface area contributed by atoms with Gasteiger partial charge in [-0.3, -0.25) is 0 Å². The zero-order valence-electron chi connectivity index (χ0n) is 13.6. The van der Waals surface area contributed by atoms with Crippen LogP contribution >= 0.6 is 0 Å². The molecule has 1 aliphatic carbocycles. The van der Waals surface area contributed by atoms with Gasteiger partial charge < -0.3 is 0 Å². The lowest BCUT2D eigenvalue weighted by Gasteiger charge is -2.19. The molecular weight excluding hydrogens is 311 g/mol. The fourth-order valence-electron chi connectivity index (χ4n) is 2.89. The average molecular weight is 332 g/mol. The van der Waals surface area contributed by atoms with Crippen LogP contribution in [0.25, 0.3) is 0 Å². The minimum absolute atomic E-state index is 0.0188. The highest BCUT2D eigenvalue weighted by atomic mass is 32.2. The van der Waals surface area contributed by atoms with E-state index in [1.54, 1.807) is 18.2 Å². The van der Waals surface area contributed by atoms with E-state index in [-0.39, 0.29) is 16.7 Å². The zero-order valence-corrected chi connectivity index (χ0v) is 14.4. The van der Waals surface area contributed by atoms with Crippen molar-refractivity contribution in [2.75, 3.05) is 0 Å². The summed E-state index contributed by atoms with van der Waals surface area (Å²) in [6.45, 7) is 6.33. The first-order valence-electron chi connectivity index (χ1n) is 7.75. The van der Waals surface area contributed by atoms with Gasteiger partial charge in [0.05, 0.1) is 4.90 Å².